The molecule has 0 radical (unpaired) electrons. The average Bonchev–Trinajstić information content (AvgIpc) is 2.83. The van der Waals surface area contributed by atoms with Crippen molar-refractivity contribution in [2.24, 2.45) is 0 Å². The van der Waals surface area contributed by atoms with Gasteiger partial charge in [-0.05, 0) is 49.2 Å². The van der Waals surface area contributed by atoms with Crippen molar-refractivity contribution in [3.05, 3.63) is 65.6 Å². The Balaban J connectivity index is 1.76. The minimum atomic E-state index is 0.907. The van der Waals surface area contributed by atoms with Gasteiger partial charge in [0.25, 0.3) is 0 Å². The lowest BCUT2D eigenvalue weighted by Crippen LogP contribution is -1.83. The number of benzene rings is 1. The minimum absolute atomic E-state index is 0.907. The maximum absolute atomic E-state index is 4.61. The molecule has 0 saturated heterocycles. The maximum Gasteiger partial charge on any atom is 0.137 e. The zero-order chi connectivity index (χ0) is 13.2. The molecule has 0 aliphatic heterocycles. The second-order valence-corrected chi connectivity index (χ2v) is 5.78. The summed E-state index contributed by atoms with van der Waals surface area (Å²) in [6.07, 6.45) is 4.13. The maximum atomic E-state index is 4.61. The molecule has 0 atom stereocenters. The zero-order valence-electron chi connectivity index (χ0n) is 11.1. The molecule has 2 heterocycles. The summed E-state index contributed by atoms with van der Waals surface area (Å²) < 4.78 is 2.07. The third-order valence-electron chi connectivity index (χ3n) is 3.28. The molecule has 1 aromatic carbocycles. The van der Waals surface area contributed by atoms with Crippen LogP contribution in [-0.4, -0.2) is 9.38 Å². The number of imidazole rings is 1. The van der Waals surface area contributed by atoms with Crippen molar-refractivity contribution in [2.45, 2.75) is 24.5 Å². The van der Waals surface area contributed by atoms with Crippen molar-refractivity contribution < 1.29 is 0 Å². The molecule has 2 nitrogen and oxygen atoms in total. The Labute approximate surface area is 117 Å². The number of fused-ring (bicyclic) bond motifs is 1. The lowest BCUT2D eigenvalue weighted by Gasteiger charge is -2.03. The highest BCUT2D eigenvalue weighted by atomic mass is 32.2. The summed E-state index contributed by atoms with van der Waals surface area (Å²) in [6.45, 7) is 4.30. The van der Waals surface area contributed by atoms with E-state index in [1.807, 2.05) is 36.2 Å². The number of nitrogens with zero attached hydrogens (tertiary/aromatic N) is 2. The fourth-order valence-corrected chi connectivity index (χ4v) is 2.90. The number of aromatic nitrogens is 2. The van der Waals surface area contributed by atoms with Gasteiger partial charge >= 0.3 is 0 Å². The van der Waals surface area contributed by atoms with Crippen LogP contribution in [0.1, 0.15) is 16.8 Å². The number of pyridine rings is 1. The Hall–Kier alpha value is -1.74. The normalized spacial score (nSPS) is 11.1. The summed E-state index contributed by atoms with van der Waals surface area (Å²) in [5, 5.41) is 0. The molecule has 0 aliphatic rings. The molecule has 0 N–H and O–H groups in total. The van der Waals surface area contributed by atoms with Gasteiger partial charge in [0.2, 0.25) is 0 Å². The molecule has 0 aliphatic carbocycles. The summed E-state index contributed by atoms with van der Waals surface area (Å²) >= 11 is 1.84. The quantitative estimate of drug-likeness (QED) is 0.661. The van der Waals surface area contributed by atoms with E-state index in [-0.39, 0.29) is 0 Å². The fourth-order valence-electron chi connectivity index (χ4n) is 2.02. The Morgan fingerprint density at radius 2 is 2.00 bits per heavy atom. The number of thioether (sulfide) groups is 1. The van der Waals surface area contributed by atoms with E-state index in [1.165, 1.54) is 16.0 Å². The van der Waals surface area contributed by atoms with Crippen LogP contribution in [0.25, 0.3) is 5.65 Å². The van der Waals surface area contributed by atoms with E-state index < -0.39 is 0 Å². The van der Waals surface area contributed by atoms with E-state index in [9.17, 15) is 0 Å². The third-order valence-corrected chi connectivity index (χ3v) is 4.31. The van der Waals surface area contributed by atoms with Gasteiger partial charge in [-0.15, -0.1) is 11.8 Å². The van der Waals surface area contributed by atoms with Gasteiger partial charge in [-0.2, -0.15) is 0 Å². The second-order valence-electron chi connectivity index (χ2n) is 4.73. The van der Waals surface area contributed by atoms with Gasteiger partial charge in [-0.25, -0.2) is 4.98 Å². The molecular formula is C16H16N2S. The smallest absolute Gasteiger partial charge is 0.137 e. The number of rotatable bonds is 3. The van der Waals surface area contributed by atoms with Crippen molar-refractivity contribution in [1.82, 2.24) is 9.38 Å². The van der Waals surface area contributed by atoms with Crippen molar-refractivity contribution in [2.75, 3.05) is 0 Å². The number of hydrogen-bond acceptors (Lipinski definition) is 2. The lowest BCUT2D eigenvalue weighted by atomic mass is 10.1. The van der Waals surface area contributed by atoms with Crippen LogP contribution in [0.4, 0.5) is 0 Å². The van der Waals surface area contributed by atoms with Crippen molar-refractivity contribution in [3.63, 3.8) is 0 Å². The van der Waals surface area contributed by atoms with Crippen LogP contribution >= 0.6 is 11.8 Å². The number of aryl methyl sites for hydroxylation is 2. The summed E-state index contributed by atoms with van der Waals surface area (Å²) in [6, 6.07) is 12.7. The summed E-state index contributed by atoms with van der Waals surface area (Å²) in [7, 11) is 0. The monoisotopic (exact) mass is 268 g/mol. The van der Waals surface area contributed by atoms with Crippen LogP contribution in [0.3, 0.4) is 0 Å². The highest BCUT2D eigenvalue weighted by Gasteiger charge is 2.03. The number of hydrogen-bond donors (Lipinski definition) is 0. The summed E-state index contributed by atoms with van der Waals surface area (Å²) in [5.41, 5.74) is 4.82. The van der Waals surface area contributed by atoms with Crippen LogP contribution in [0, 0.1) is 13.8 Å². The molecule has 0 bridgehead atoms. The Morgan fingerprint density at radius 3 is 2.79 bits per heavy atom. The molecule has 3 heteroatoms. The van der Waals surface area contributed by atoms with Crippen LogP contribution in [0.2, 0.25) is 0 Å². The van der Waals surface area contributed by atoms with Crippen molar-refractivity contribution in [3.8, 4) is 0 Å². The van der Waals surface area contributed by atoms with Gasteiger partial charge < -0.3 is 4.40 Å². The van der Waals surface area contributed by atoms with E-state index in [0.717, 1.165) is 17.1 Å². The molecule has 2 aromatic heterocycles. The summed E-state index contributed by atoms with van der Waals surface area (Å²) in [5.74, 6) is 0.907. The first-order chi connectivity index (χ1) is 9.22. The van der Waals surface area contributed by atoms with Gasteiger partial charge in [-0.1, -0.05) is 12.1 Å². The van der Waals surface area contributed by atoms with E-state index in [1.54, 1.807) is 0 Å². The highest BCUT2D eigenvalue weighted by molar-refractivity contribution is 7.98. The van der Waals surface area contributed by atoms with Gasteiger partial charge in [0.05, 0.1) is 5.69 Å². The first kappa shape index (κ1) is 12.3. The standard InChI is InChI=1S/C16H16N2S/c1-12-6-7-15(9-13(12)2)19-11-14-10-18-8-4-3-5-16(18)17-14/h3-10H,11H2,1-2H3. The highest BCUT2D eigenvalue weighted by Crippen LogP contribution is 2.24. The molecule has 0 spiro atoms. The second kappa shape index (κ2) is 5.10. The minimum Gasteiger partial charge on any atom is -0.307 e. The largest absolute Gasteiger partial charge is 0.307 e. The lowest BCUT2D eigenvalue weighted by molar-refractivity contribution is 1.18. The molecule has 0 amide bonds. The molecular weight excluding hydrogens is 252 g/mol. The fraction of sp³-hybridized carbons (Fsp3) is 0.188. The van der Waals surface area contributed by atoms with Gasteiger partial charge in [0.1, 0.15) is 5.65 Å². The predicted octanol–water partition coefficient (Wildman–Crippen LogP) is 4.24. The molecule has 19 heavy (non-hydrogen) atoms. The molecule has 3 rings (SSSR count). The van der Waals surface area contributed by atoms with Crippen LogP contribution in [0.15, 0.2) is 53.7 Å². The van der Waals surface area contributed by atoms with Gasteiger partial charge in [-0.3, -0.25) is 0 Å². The molecule has 0 fully saturated rings. The van der Waals surface area contributed by atoms with Gasteiger partial charge in [0, 0.05) is 23.0 Å². The molecule has 0 saturated carbocycles. The van der Waals surface area contributed by atoms with Crippen LogP contribution in [0.5, 0.6) is 0 Å². The zero-order valence-corrected chi connectivity index (χ0v) is 11.9. The first-order valence-corrected chi connectivity index (χ1v) is 7.33. The van der Waals surface area contributed by atoms with Crippen LogP contribution in [-0.2, 0) is 5.75 Å². The van der Waals surface area contributed by atoms with E-state index >= 15 is 0 Å². The predicted molar refractivity (Wildman–Crippen MR) is 80.7 cm³/mol. The Kier molecular flexibility index (Phi) is 3.30. The molecule has 0 unspecified atom stereocenters. The van der Waals surface area contributed by atoms with Gasteiger partial charge in [0.15, 0.2) is 0 Å². The Morgan fingerprint density at radius 1 is 1.11 bits per heavy atom. The molecule has 96 valence electrons. The first-order valence-electron chi connectivity index (χ1n) is 6.35. The third kappa shape index (κ3) is 2.66. The van der Waals surface area contributed by atoms with E-state index in [0.29, 0.717) is 0 Å². The van der Waals surface area contributed by atoms with E-state index in [4.69, 9.17) is 0 Å². The SMILES string of the molecule is Cc1ccc(SCc2cn3ccccc3n2)cc1C. The van der Waals surface area contributed by atoms with Crippen molar-refractivity contribution >= 4 is 17.4 Å². The molecule has 3 aromatic rings. The Bertz CT molecular complexity index is 683. The average molecular weight is 268 g/mol. The van der Waals surface area contributed by atoms with E-state index in [2.05, 4.69) is 47.6 Å². The van der Waals surface area contributed by atoms with Crippen LogP contribution < -0.4 is 0 Å². The topological polar surface area (TPSA) is 17.3 Å². The summed E-state index contributed by atoms with van der Waals surface area (Å²) in [4.78, 5) is 5.92. The van der Waals surface area contributed by atoms with Crippen molar-refractivity contribution in [1.29, 1.82) is 0 Å².